The van der Waals surface area contributed by atoms with Gasteiger partial charge in [-0.15, -0.1) is 0 Å². The van der Waals surface area contributed by atoms with Crippen molar-refractivity contribution in [3.05, 3.63) is 29.8 Å². The summed E-state index contributed by atoms with van der Waals surface area (Å²) >= 11 is 0. The maximum atomic E-state index is 11.9. The van der Waals surface area contributed by atoms with Gasteiger partial charge in [-0.2, -0.15) is 0 Å². The van der Waals surface area contributed by atoms with E-state index in [4.69, 9.17) is 5.11 Å². The van der Waals surface area contributed by atoms with Gasteiger partial charge in [0.1, 0.15) is 5.75 Å². The number of amides is 1. The number of carbonyl (C=O) groups is 2. The lowest BCUT2D eigenvalue weighted by Gasteiger charge is -2.17. The van der Waals surface area contributed by atoms with Crippen LogP contribution in [0, 0.1) is 0 Å². The molecule has 1 rings (SSSR count). The monoisotopic (exact) mass is 314 g/mol. The number of hydrogen-bond donors (Lipinski definition) is 2. The Kier molecular flexibility index (Phi) is 5.86. The van der Waals surface area contributed by atoms with E-state index in [1.807, 2.05) is 0 Å². The quantitative estimate of drug-likeness (QED) is 0.781. The Morgan fingerprint density at radius 3 is 2.38 bits per heavy atom. The van der Waals surface area contributed by atoms with Gasteiger partial charge in [0.25, 0.3) is 0 Å². The molecule has 2 N–H and O–H groups in total. The molecule has 0 saturated heterocycles. The fourth-order valence-electron chi connectivity index (χ4n) is 1.80. The molecule has 116 valence electrons. The zero-order chi connectivity index (χ0) is 16.0. The molecule has 1 amide bonds. The van der Waals surface area contributed by atoms with E-state index in [2.05, 4.69) is 5.32 Å². The lowest BCUT2D eigenvalue weighted by atomic mass is 10.2. The van der Waals surface area contributed by atoms with Crippen LogP contribution in [0.3, 0.4) is 0 Å². The van der Waals surface area contributed by atoms with Gasteiger partial charge < -0.3 is 10.4 Å². The second-order valence-electron chi connectivity index (χ2n) is 4.27. The van der Waals surface area contributed by atoms with Crippen LogP contribution in [0.15, 0.2) is 24.3 Å². The molecule has 0 aliphatic rings. The van der Waals surface area contributed by atoms with Gasteiger partial charge >= 0.3 is 5.97 Å². The van der Waals surface area contributed by atoms with Crippen molar-refractivity contribution in [1.29, 1.82) is 0 Å². The molecule has 21 heavy (non-hydrogen) atoms. The van der Waals surface area contributed by atoms with Crippen molar-refractivity contribution in [3.8, 4) is 0 Å². The predicted molar refractivity (Wildman–Crippen MR) is 78.7 cm³/mol. The first-order valence-electron chi connectivity index (χ1n) is 6.41. The average Bonchev–Trinajstić information content (AvgIpc) is 2.39. The molecule has 0 saturated carbocycles. The first-order chi connectivity index (χ1) is 9.80. The van der Waals surface area contributed by atoms with E-state index in [1.165, 1.54) is 28.6 Å². The number of hydrogen-bond acceptors (Lipinski definition) is 4. The van der Waals surface area contributed by atoms with Gasteiger partial charge in [-0.1, -0.05) is 19.9 Å². The summed E-state index contributed by atoms with van der Waals surface area (Å²) in [5.41, 5.74) is 0.258. The lowest BCUT2D eigenvalue weighted by molar-refractivity contribution is -0.113. The second-order valence-corrected chi connectivity index (χ2v) is 6.24. The highest BCUT2D eigenvalue weighted by Crippen LogP contribution is 2.11. The van der Waals surface area contributed by atoms with Crippen molar-refractivity contribution >= 4 is 27.6 Å². The predicted octanol–water partition coefficient (Wildman–Crippen LogP) is 0.995. The first-order valence-corrected chi connectivity index (χ1v) is 8.02. The summed E-state index contributed by atoms with van der Waals surface area (Å²) in [4.78, 5) is 22.6. The molecule has 7 nitrogen and oxygen atoms in total. The Balaban J connectivity index is 2.78. The highest BCUT2D eigenvalue weighted by atomic mass is 32.2. The van der Waals surface area contributed by atoms with E-state index < -0.39 is 27.7 Å². The first kappa shape index (κ1) is 17.1. The van der Waals surface area contributed by atoms with Crippen molar-refractivity contribution < 1.29 is 23.1 Å². The Bertz CT molecular complexity index is 623. The lowest BCUT2D eigenvalue weighted by Crippen LogP contribution is -2.36. The number of nitrogens with one attached hydrogen (secondary N) is 1. The average molecular weight is 314 g/mol. The van der Waals surface area contributed by atoms with Gasteiger partial charge in [0.2, 0.25) is 15.9 Å². The second kappa shape index (κ2) is 7.19. The Morgan fingerprint density at radius 1 is 1.24 bits per heavy atom. The van der Waals surface area contributed by atoms with Crippen LogP contribution in [0.5, 0.6) is 0 Å². The number of carboxylic acids is 1. The number of anilines is 1. The summed E-state index contributed by atoms with van der Waals surface area (Å²) in [6, 6.07) is 5.61. The molecule has 0 unspecified atom stereocenters. The Labute approximate surface area is 123 Å². The van der Waals surface area contributed by atoms with Gasteiger partial charge in [0.15, 0.2) is 0 Å². The van der Waals surface area contributed by atoms with Crippen molar-refractivity contribution in [1.82, 2.24) is 4.31 Å². The number of aromatic carboxylic acids is 1. The fraction of sp³-hybridized carbons (Fsp3) is 0.385. The molecule has 8 heteroatoms. The van der Waals surface area contributed by atoms with E-state index in [0.717, 1.165) is 0 Å². The fourth-order valence-corrected chi connectivity index (χ4v) is 3.17. The molecule has 1 aromatic rings. The molecule has 0 bridgehead atoms. The highest BCUT2D eigenvalue weighted by Gasteiger charge is 2.22. The van der Waals surface area contributed by atoms with Crippen LogP contribution in [-0.4, -0.2) is 48.5 Å². The summed E-state index contributed by atoms with van der Waals surface area (Å²) in [6.45, 7) is 3.96. The maximum Gasteiger partial charge on any atom is 0.335 e. The maximum absolute atomic E-state index is 11.9. The SMILES string of the molecule is CCN(CC)S(=O)(=O)CC(=O)Nc1cccc(C(=O)O)c1. The van der Waals surface area contributed by atoms with Gasteiger partial charge in [-0.3, -0.25) is 4.79 Å². The summed E-state index contributed by atoms with van der Waals surface area (Å²) in [5, 5.41) is 11.2. The third-order valence-corrected chi connectivity index (χ3v) is 4.74. The number of carboxylic acid groups (broad SMARTS) is 1. The van der Waals surface area contributed by atoms with Crippen molar-refractivity contribution in [3.63, 3.8) is 0 Å². The number of benzene rings is 1. The molecular formula is C13H18N2O5S. The van der Waals surface area contributed by atoms with E-state index in [9.17, 15) is 18.0 Å². The zero-order valence-corrected chi connectivity index (χ0v) is 12.7. The number of sulfonamides is 1. The summed E-state index contributed by atoms with van der Waals surface area (Å²) in [7, 11) is -3.66. The molecule has 0 aliphatic carbocycles. The van der Waals surface area contributed by atoms with E-state index in [0.29, 0.717) is 13.1 Å². The largest absolute Gasteiger partial charge is 0.478 e. The van der Waals surface area contributed by atoms with E-state index in [1.54, 1.807) is 13.8 Å². The van der Waals surface area contributed by atoms with Crippen LogP contribution < -0.4 is 5.32 Å². The standard InChI is InChI=1S/C13H18N2O5S/c1-3-15(4-2)21(19,20)9-12(16)14-11-7-5-6-10(8-11)13(17)18/h5-8H,3-4,9H2,1-2H3,(H,14,16)(H,17,18). The van der Waals surface area contributed by atoms with Gasteiger partial charge in [-0.25, -0.2) is 17.5 Å². The number of carbonyl (C=O) groups excluding carboxylic acids is 1. The molecule has 0 radical (unpaired) electrons. The van der Waals surface area contributed by atoms with Gasteiger partial charge in [0.05, 0.1) is 5.56 Å². The van der Waals surface area contributed by atoms with E-state index in [-0.39, 0.29) is 11.3 Å². The van der Waals surface area contributed by atoms with Crippen LogP contribution in [-0.2, 0) is 14.8 Å². The molecule has 0 aromatic heterocycles. The Morgan fingerprint density at radius 2 is 1.86 bits per heavy atom. The topological polar surface area (TPSA) is 104 Å². The molecule has 0 fully saturated rings. The third-order valence-electron chi connectivity index (χ3n) is 2.81. The zero-order valence-electron chi connectivity index (χ0n) is 11.9. The van der Waals surface area contributed by atoms with Crippen LogP contribution >= 0.6 is 0 Å². The molecule has 0 atom stereocenters. The molecular weight excluding hydrogens is 296 g/mol. The van der Waals surface area contributed by atoms with Crippen LogP contribution in [0.2, 0.25) is 0 Å². The van der Waals surface area contributed by atoms with Gasteiger partial charge in [-0.05, 0) is 18.2 Å². The molecule has 1 aromatic carbocycles. The van der Waals surface area contributed by atoms with Crippen LogP contribution in [0.25, 0.3) is 0 Å². The van der Waals surface area contributed by atoms with Crippen molar-refractivity contribution in [2.24, 2.45) is 0 Å². The van der Waals surface area contributed by atoms with Crippen molar-refractivity contribution in [2.75, 3.05) is 24.2 Å². The van der Waals surface area contributed by atoms with Crippen LogP contribution in [0.4, 0.5) is 5.69 Å². The Hall–Kier alpha value is -1.93. The van der Waals surface area contributed by atoms with Gasteiger partial charge in [0, 0.05) is 18.8 Å². The normalized spacial score (nSPS) is 11.4. The summed E-state index contributed by atoms with van der Waals surface area (Å²) in [6.07, 6.45) is 0. The number of rotatable bonds is 7. The molecule has 0 heterocycles. The minimum atomic E-state index is -3.66. The number of nitrogens with zero attached hydrogens (tertiary/aromatic N) is 1. The molecule has 0 aliphatic heterocycles. The summed E-state index contributed by atoms with van der Waals surface area (Å²) < 4.78 is 25.1. The van der Waals surface area contributed by atoms with Crippen molar-refractivity contribution in [2.45, 2.75) is 13.8 Å². The third kappa shape index (κ3) is 4.83. The van der Waals surface area contributed by atoms with Crippen LogP contribution in [0.1, 0.15) is 24.2 Å². The smallest absolute Gasteiger partial charge is 0.335 e. The summed E-state index contributed by atoms with van der Waals surface area (Å²) in [5.74, 6) is -2.50. The van der Waals surface area contributed by atoms with E-state index >= 15 is 0 Å². The minimum Gasteiger partial charge on any atom is -0.478 e. The highest BCUT2D eigenvalue weighted by molar-refractivity contribution is 7.89. The minimum absolute atomic E-state index is 0.0133. The molecule has 0 spiro atoms.